The van der Waals surface area contributed by atoms with Crippen LogP contribution < -0.4 is 5.73 Å². The Bertz CT molecular complexity index is 289. The van der Waals surface area contributed by atoms with Crippen LogP contribution in [0.25, 0.3) is 0 Å². The first kappa shape index (κ1) is 13.4. The van der Waals surface area contributed by atoms with Crippen LogP contribution in [-0.4, -0.2) is 35.3 Å². The Morgan fingerprint density at radius 2 is 1.88 bits per heavy atom. The van der Waals surface area contributed by atoms with Gasteiger partial charge in [-0.2, -0.15) is 0 Å². The van der Waals surface area contributed by atoms with Crippen LogP contribution in [-0.2, 0) is 14.7 Å². The summed E-state index contributed by atoms with van der Waals surface area (Å²) in [6, 6.07) is -0.509. The second-order valence-electron chi connectivity index (χ2n) is 5.62. The van der Waals surface area contributed by atoms with Gasteiger partial charge in [0.1, 0.15) is 0 Å². The topological polar surface area (TPSA) is 75.5 Å². The summed E-state index contributed by atoms with van der Waals surface area (Å²) in [4.78, 5) is 11.6. The number of hydroxylamine groups is 2. The first-order chi connectivity index (χ1) is 7.14. The zero-order valence-corrected chi connectivity index (χ0v) is 10.6. The number of hydrogen-bond donors (Lipinski definition) is 1. The smallest absolute Gasteiger partial charge is 0.310 e. The van der Waals surface area contributed by atoms with E-state index in [-0.39, 0.29) is 5.97 Å². The lowest BCUT2D eigenvalue weighted by Gasteiger charge is -2.52. The molecule has 0 aromatic carbocycles. The van der Waals surface area contributed by atoms with Crippen LogP contribution in [0.5, 0.6) is 0 Å². The molecule has 1 fully saturated rings. The molecular weight excluding hydrogens is 208 g/mol. The largest absolute Gasteiger partial charge is 0.469 e. The fourth-order valence-corrected chi connectivity index (χ4v) is 2.54. The summed E-state index contributed by atoms with van der Waals surface area (Å²) in [7, 11) is 1.35. The zero-order chi connectivity index (χ0) is 12.7. The quantitative estimate of drug-likeness (QED) is 0.672. The van der Waals surface area contributed by atoms with Crippen molar-refractivity contribution >= 4 is 5.97 Å². The van der Waals surface area contributed by atoms with Gasteiger partial charge in [-0.25, -0.2) is 0 Å². The Labute approximate surface area is 96.5 Å². The van der Waals surface area contributed by atoms with Crippen molar-refractivity contribution in [3.8, 4) is 0 Å². The van der Waals surface area contributed by atoms with E-state index in [2.05, 4.69) is 0 Å². The number of nitrogens with two attached hydrogens (primary N) is 1. The molecule has 1 radical (unpaired) electrons. The van der Waals surface area contributed by atoms with Crippen LogP contribution in [0, 0.1) is 5.92 Å². The molecule has 0 spiro atoms. The lowest BCUT2D eigenvalue weighted by Crippen LogP contribution is -2.69. The van der Waals surface area contributed by atoms with Gasteiger partial charge >= 0.3 is 5.97 Å². The summed E-state index contributed by atoms with van der Waals surface area (Å²) in [6.45, 7) is 7.18. The summed E-state index contributed by atoms with van der Waals surface area (Å²) in [5.74, 6) is -0.748. The van der Waals surface area contributed by atoms with Gasteiger partial charge in [-0.1, -0.05) is 0 Å². The molecule has 0 bridgehead atoms. The molecule has 0 aliphatic carbocycles. The van der Waals surface area contributed by atoms with Crippen LogP contribution in [0.2, 0.25) is 0 Å². The van der Waals surface area contributed by atoms with Crippen LogP contribution in [0.4, 0.5) is 0 Å². The molecule has 5 heteroatoms. The summed E-state index contributed by atoms with van der Waals surface area (Å²) in [6.07, 6.45) is 0.424. The van der Waals surface area contributed by atoms with E-state index in [1.807, 2.05) is 13.8 Å². The van der Waals surface area contributed by atoms with Crippen molar-refractivity contribution in [3.05, 3.63) is 0 Å². The van der Waals surface area contributed by atoms with Crippen LogP contribution in [0.15, 0.2) is 0 Å². The molecule has 1 aliphatic rings. The van der Waals surface area contributed by atoms with Gasteiger partial charge in [-0.3, -0.25) is 4.79 Å². The predicted molar refractivity (Wildman–Crippen MR) is 58.8 cm³/mol. The molecular formula is C11H21N2O3. The molecule has 0 saturated carbocycles. The highest BCUT2D eigenvalue weighted by Gasteiger charge is 2.53. The monoisotopic (exact) mass is 229 g/mol. The molecule has 1 heterocycles. The number of rotatable bonds is 1. The van der Waals surface area contributed by atoms with E-state index in [0.29, 0.717) is 6.42 Å². The molecule has 0 aromatic heterocycles. The first-order valence-corrected chi connectivity index (χ1v) is 5.45. The molecule has 1 rings (SSSR count). The highest BCUT2D eigenvalue weighted by Crippen LogP contribution is 2.39. The van der Waals surface area contributed by atoms with Crippen molar-refractivity contribution in [2.24, 2.45) is 11.7 Å². The van der Waals surface area contributed by atoms with Crippen LogP contribution in [0.3, 0.4) is 0 Å². The maximum atomic E-state index is 12.1. The number of esters is 1. The molecule has 2 N–H and O–H groups in total. The average Bonchev–Trinajstić information content (AvgIpc) is 2.21. The number of carbonyl (C=O) groups is 1. The highest BCUT2D eigenvalue weighted by atomic mass is 16.5. The van der Waals surface area contributed by atoms with Crippen molar-refractivity contribution in [2.75, 3.05) is 7.11 Å². The molecule has 1 saturated heterocycles. The molecule has 1 aliphatic heterocycles. The maximum Gasteiger partial charge on any atom is 0.310 e. The highest BCUT2D eigenvalue weighted by molar-refractivity contribution is 5.73. The van der Waals surface area contributed by atoms with Crippen molar-refractivity contribution < 1.29 is 14.7 Å². The Hall–Kier alpha value is -0.650. The SMILES string of the molecule is COC(=O)[C@@H]1CC(C)(C)N([O])C(C)(C)[C@@H]1N. The number of nitrogens with zero attached hydrogens (tertiary/aromatic N) is 1. The minimum atomic E-state index is -0.763. The van der Waals surface area contributed by atoms with Gasteiger partial charge in [-0.15, -0.1) is 10.3 Å². The van der Waals surface area contributed by atoms with E-state index < -0.39 is 23.0 Å². The molecule has 16 heavy (non-hydrogen) atoms. The number of carbonyl (C=O) groups excluding carboxylic acids is 1. The minimum absolute atomic E-state index is 0.332. The van der Waals surface area contributed by atoms with Gasteiger partial charge in [0.2, 0.25) is 0 Å². The molecule has 0 amide bonds. The predicted octanol–water partition coefficient (Wildman–Crippen LogP) is 0.711. The standard InChI is InChI=1S/C11H21N2O3/c1-10(2)6-7(9(14)16-5)8(12)11(3,4)13(10)15/h7-8H,6,12H2,1-5H3/t7-,8-/m1/s1. The lowest BCUT2D eigenvalue weighted by molar-refractivity contribution is -0.298. The van der Waals surface area contributed by atoms with Gasteiger partial charge in [0.15, 0.2) is 0 Å². The van der Waals surface area contributed by atoms with E-state index in [0.717, 1.165) is 5.06 Å². The van der Waals surface area contributed by atoms with Gasteiger partial charge in [-0.05, 0) is 34.1 Å². The molecule has 2 atom stereocenters. The number of methoxy groups -OCH3 is 1. The van der Waals surface area contributed by atoms with E-state index in [9.17, 15) is 10.0 Å². The third-order valence-electron chi connectivity index (χ3n) is 3.55. The number of piperidine rings is 1. The first-order valence-electron chi connectivity index (χ1n) is 5.45. The summed E-state index contributed by atoms with van der Waals surface area (Å²) in [5, 5.41) is 13.1. The van der Waals surface area contributed by atoms with Gasteiger partial charge in [0.05, 0.1) is 18.6 Å². The maximum absolute atomic E-state index is 12.1. The van der Waals surface area contributed by atoms with E-state index >= 15 is 0 Å². The fourth-order valence-electron chi connectivity index (χ4n) is 2.54. The van der Waals surface area contributed by atoms with Crippen molar-refractivity contribution in [2.45, 2.75) is 51.2 Å². The van der Waals surface area contributed by atoms with Gasteiger partial charge in [0.25, 0.3) is 0 Å². The number of ether oxygens (including phenoxy) is 1. The third-order valence-corrected chi connectivity index (χ3v) is 3.55. The molecule has 0 aromatic rings. The van der Waals surface area contributed by atoms with Gasteiger partial charge in [0, 0.05) is 11.6 Å². The molecule has 0 unspecified atom stereocenters. The Balaban J connectivity index is 3.05. The number of hydrogen-bond acceptors (Lipinski definition) is 4. The molecule has 5 nitrogen and oxygen atoms in total. The summed E-state index contributed by atoms with van der Waals surface area (Å²) in [5.41, 5.74) is 4.64. The van der Waals surface area contributed by atoms with E-state index in [1.165, 1.54) is 7.11 Å². The van der Waals surface area contributed by atoms with Gasteiger partial charge < -0.3 is 10.5 Å². The Morgan fingerprint density at radius 1 is 1.38 bits per heavy atom. The van der Waals surface area contributed by atoms with Crippen molar-refractivity contribution in [3.63, 3.8) is 0 Å². The Kier molecular flexibility index (Phi) is 3.34. The summed E-state index contributed by atoms with van der Waals surface area (Å²) < 4.78 is 4.74. The molecule has 93 valence electrons. The summed E-state index contributed by atoms with van der Waals surface area (Å²) >= 11 is 0. The van der Waals surface area contributed by atoms with Crippen LogP contribution in [0.1, 0.15) is 34.1 Å². The lowest BCUT2D eigenvalue weighted by atomic mass is 9.72. The van der Waals surface area contributed by atoms with Crippen molar-refractivity contribution in [1.82, 2.24) is 5.06 Å². The third kappa shape index (κ3) is 1.95. The normalized spacial score (nSPS) is 33.4. The van der Waals surface area contributed by atoms with E-state index in [1.54, 1.807) is 13.8 Å². The fraction of sp³-hybridized carbons (Fsp3) is 0.909. The Morgan fingerprint density at radius 3 is 2.31 bits per heavy atom. The van der Waals surface area contributed by atoms with Crippen LogP contribution >= 0.6 is 0 Å². The van der Waals surface area contributed by atoms with Crippen molar-refractivity contribution in [1.29, 1.82) is 0 Å². The second-order valence-corrected chi connectivity index (χ2v) is 5.62. The zero-order valence-electron chi connectivity index (χ0n) is 10.6. The second kappa shape index (κ2) is 3.98. The minimum Gasteiger partial charge on any atom is -0.469 e. The van der Waals surface area contributed by atoms with E-state index in [4.69, 9.17) is 10.5 Å². The average molecular weight is 229 g/mol.